The molecule has 0 saturated heterocycles. The topological polar surface area (TPSA) is 69.0 Å². The van der Waals surface area contributed by atoms with Crippen molar-refractivity contribution in [3.63, 3.8) is 0 Å². The fourth-order valence-corrected chi connectivity index (χ4v) is 3.86. The predicted molar refractivity (Wildman–Crippen MR) is 99.0 cm³/mol. The monoisotopic (exact) mass is 352 g/mol. The summed E-state index contributed by atoms with van der Waals surface area (Å²) in [6.07, 6.45) is 3.02. The van der Waals surface area contributed by atoms with Crippen molar-refractivity contribution in [2.75, 3.05) is 5.32 Å². The maximum absolute atomic E-state index is 13.0. The van der Waals surface area contributed by atoms with E-state index in [-0.39, 0.29) is 23.3 Å². The molecule has 136 valence electrons. The number of rotatable bonds is 3. The first-order valence-electron chi connectivity index (χ1n) is 9.03. The van der Waals surface area contributed by atoms with Gasteiger partial charge in [-0.2, -0.15) is 10.1 Å². The molecule has 2 heterocycles. The van der Waals surface area contributed by atoms with Crippen molar-refractivity contribution in [3.8, 4) is 5.75 Å². The highest BCUT2D eigenvalue weighted by molar-refractivity contribution is 6.00. The number of aromatic nitrogens is 3. The molecular formula is C20H24N4O2. The highest BCUT2D eigenvalue weighted by atomic mass is 16.5. The van der Waals surface area contributed by atoms with E-state index in [0.29, 0.717) is 12.4 Å². The molecule has 0 fully saturated rings. The molecule has 1 atom stereocenters. The molecule has 6 heteroatoms. The van der Waals surface area contributed by atoms with E-state index in [1.165, 1.54) is 6.33 Å². The Hall–Kier alpha value is -2.63. The SMILES string of the molecule is CC(C)Oc1ccc(C2C3=C(CC(C)(C)CC3=O)Nc3ncnn32)cc1. The number of anilines is 1. The summed E-state index contributed by atoms with van der Waals surface area (Å²) in [5, 5.41) is 7.70. The summed E-state index contributed by atoms with van der Waals surface area (Å²) in [4.78, 5) is 17.3. The van der Waals surface area contributed by atoms with Crippen molar-refractivity contribution < 1.29 is 9.53 Å². The fourth-order valence-electron chi connectivity index (χ4n) is 3.86. The van der Waals surface area contributed by atoms with E-state index in [9.17, 15) is 4.79 Å². The van der Waals surface area contributed by atoms with Crippen LogP contribution in [0.5, 0.6) is 5.75 Å². The van der Waals surface area contributed by atoms with E-state index in [1.54, 1.807) is 4.68 Å². The number of nitrogens with one attached hydrogen (secondary N) is 1. The lowest BCUT2D eigenvalue weighted by atomic mass is 9.73. The first kappa shape index (κ1) is 16.8. The van der Waals surface area contributed by atoms with Crippen molar-refractivity contribution in [1.82, 2.24) is 14.8 Å². The zero-order chi connectivity index (χ0) is 18.5. The Labute approximate surface area is 153 Å². The first-order chi connectivity index (χ1) is 12.3. The summed E-state index contributed by atoms with van der Waals surface area (Å²) in [5.74, 6) is 1.68. The Morgan fingerprint density at radius 2 is 1.96 bits per heavy atom. The zero-order valence-electron chi connectivity index (χ0n) is 15.6. The summed E-state index contributed by atoms with van der Waals surface area (Å²) in [6.45, 7) is 8.26. The zero-order valence-corrected chi connectivity index (χ0v) is 15.6. The van der Waals surface area contributed by atoms with Crippen LogP contribution in [0.1, 0.15) is 52.1 Å². The van der Waals surface area contributed by atoms with E-state index < -0.39 is 0 Å². The summed E-state index contributed by atoms with van der Waals surface area (Å²) in [7, 11) is 0. The normalized spacial score (nSPS) is 21.3. The van der Waals surface area contributed by atoms with E-state index in [2.05, 4.69) is 29.2 Å². The van der Waals surface area contributed by atoms with Crippen LogP contribution in [-0.4, -0.2) is 26.7 Å². The number of nitrogens with zero attached hydrogens (tertiary/aromatic N) is 3. The fraction of sp³-hybridized carbons (Fsp3) is 0.450. The minimum absolute atomic E-state index is 0.0510. The number of carbonyl (C=O) groups excluding carboxylic acids is 1. The van der Waals surface area contributed by atoms with Crippen LogP contribution in [0.2, 0.25) is 0 Å². The molecule has 1 aromatic heterocycles. The molecule has 0 saturated carbocycles. The molecule has 0 amide bonds. The third-order valence-corrected chi connectivity index (χ3v) is 4.84. The highest BCUT2D eigenvalue weighted by Gasteiger charge is 2.41. The molecule has 2 aromatic rings. The van der Waals surface area contributed by atoms with Gasteiger partial charge in [-0.3, -0.25) is 4.79 Å². The van der Waals surface area contributed by atoms with Gasteiger partial charge in [-0.05, 0) is 43.4 Å². The standard InChI is InChI=1S/C20H24N4O2/c1-12(2)26-14-7-5-13(6-8-14)18-17-15(9-20(3,4)10-16(17)25)23-19-21-11-22-24(18)19/h5-8,11-12,18H,9-10H2,1-4H3,(H,21,22,23). The van der Waals surface area contributed by atoms with Crippen LogP contribution >= 0.6 is 0 Å². The minimum Gasteiger partial charge on any atom is -0.491 e. The maximum atomic E-state index is 13.0. The number of carbonyl (C=O) groups is 1. The van der Waals surface area contributed by atoms with E-state index in [0.717, 1.165) is 29.0 Å². The predicted octanol–water partition coefficient (Wildman–Crippen LogP) is 3.72. The van der Waals surface area contributed by atoms with Crippen molar-refractivity contribution >= 4 is 11.7 Å². The second-order valence-electron chi connectivity index (χ2n) is 8.12. The lowest BCUT2D eigenvalue weighted by Crippen LogP contribution is -2.36. The molecule has 1 aromatic carbocycles. The van der Waals surface area contributed by atoms with E-state index >= 15 is 0 Å². The summed E-state index contributed by atoms with van der Waals surface area (Å²) in [6, 6.07) is 7.67. The van der Waals surface area contributed by atoms with Gasteiger partial charge in [0.05, 0.1) is 6.10 Å². The number of benzene rings is 1. The van der Waals surface area contributed by atoms with Gasteiger partial charge in [0, 0.05) is 17.7 Å². The van der Waals surface area contributed by atoms with Crippen LogP contribution in [0.25, 0.3) is 0 Å². The van der Waals surface area contributed by atoms with Crippen LogP contribution in [-0.2, 0) is 4.79 Å². The van der Waals surface area contributed by atoms with E-state index in [1.807, 2.05) is 38.1 Å². The molecule has 1 aliphatic heterocycles. The van der Waals surface area contributed by atoms with E-state index in [4.69, 9.17) is 4.74 Å². The number of hydrogen-bond donors (Lipinski definition) is 1. The first-order valence-corrected chi connectivity index (χ1v) is 9.03. The van der Waals surface area contributed by atoms with Gasteiger partial charge in [-0.25, -0.2) is 4.68 Å². The summed E-state index contributed by atoms with van der Waals surface area (Å²) in [5.41, 5.74) is 2.74. The molecule has 26 heavy (non-hydrogen) atoms. The quantitative estimate of drug-likeness (QED) is 0.912. The van der Waals surface area contributed by atoms with Crippen LogP contribution in [0.3, 0.4) is 0 Å². The highest BCUT2D eigenvalue weighted by Crippen LogP contribution is 2.45. The summed E-state index contributed by atoms with van der Waals surface area (Å²) >= 11 is 0. The third-order valence-electron chi connectivity index (χ3n) is 4.84. The summed E-state index contributed by atoms with van der Waals surface area (Å²) < 4.78 is 7.54. The Morgan fingerprint density at radius 1 is 1.23 bits per heavy atom. The number of Topliss-reactive ketones (excluding diaryl/α,β-unsaturated/α-hetero) is 1. The number of fused-ring (bicyclic) bond motifs is 1. The van der Waals surface area contributed by atoms with Gasteiger partial charge in [0.1, 0.15) is 18.1 Å². The molecule has 2 aliphatic rings. The molecule has 0 spiro atoms. The largest absolute Gasteiger partial charge is 0.491 e. The van der Waals surface area contributed by atoms with Gasteiger partial charge in [-0.15, -0.1) is 0 Å². The Morgan fingerprint density at radius 3 is 2.65 bits per heavy atom. The van der Waals surface area contributed by atoms with Crippen molar-refractivity contribution in [2.24, 2.45) is 5.41 Å². The van der Waals surface area contributed by atoms with Gasteiger partial charge in [0.25, 0.3) is 0 Å². The Kier molecular flexibility index (Phi) is 3.86. The molecular weight excluding hydrogens is 328 g/mol. The number of ketones is 1. The van der Waals surface area contributed by atoms with Crippen molar-refractivity contribution in [2.45, 2.75) is 52.7 Å². The molecule has 1 N–H and O–H groups in total. The molecule has 1 unspecified atom stereocenters. The average molecular weight is 352 g/mol. The van der Waals surface area contributed by atoms with Crippen molar-refractivity contribution in [1.29, 1.82) is 0 Å². The molecule has 4 rings (SSSR count). The van der Waals surface area contributed by atoms with Crippen molar-refractivity contribution in [3.05, 3.63) is 47.4 Å². The molecule has 0 bridgehead atoms. The number of allylic oxidation sites excluding steroid dienone is 2. The minimum atomic E-state index is -0.250. The second-order valence-corrected chi connectivity index (χ2v) is 8.12. The van der Waals surface area contributed by atoms with Gasteiger partial charge in [0.15, 0.2) is 5.78 Å². The number of hydrogen-bond acceptors (Lipinski definition) is 5. The van der Waals surface area contributed by atoms with Crippen LogP contribution in [0.15, 0.2) is 41.9 Å². The molecule has 6 nitrogen and oxygen atoms in total. The third kappa shape index (κ3) is 2.89. The lowest BCUT2D eigenvalue weighted by Gasteiger charge is -2.38. The second kappa shape index (κ2) is 5.97. The van der Waals surface area contributed by atoms with Crippen LogP contribution < -0.4 is 10.1 Å². The lowest BCUT2D eigenvalue weighted by molar-refractivity contribution is -0.118. The van der Waals surface area contributed by atoms with Gasteiger partial charge in [-0.1, -0.05) is 26.0 Å². The van der Waals surface area contributed by atoms with Crippen LogP contribution in [0.4, 0.5) is 5.95 Å². The van der Waals surface area contributed by atoms with Gasteiger partial charge in [0.2, 0.25) is 5.95 Å². The number of ether oxygens (including phenoxy) is 1. The van der Waals surface area contributed by atoms with Crippen LogP contribution in [0, 0.1) is 5.41 Å². The smallest absolute Gasteiger partial charge is 0.226 e. The molecule has 1 aliphatic carbocycles. The Bertz CT molecular complexity index is 877. The Balaban J connectivity index is 1.78. The van der Waals surface area contributed by atoms with Gasteiger partial charge >= 0.3 is 0 Å². The average Bonchev–Trinajstić information content (AvgIpc) is 3.00. The molecule has 0 radical (unpaired) electrons. The van der Waals surface area contributed by atoms with Gasteiger partial charge < -0.3 is 10.1 Å². The maximum Gasteiger partial charge on any atom is 0.226 e.